The van der Waals surface area contributed by atoms with E-state index in [4.69, 9.17) is 4.74 Å². The van der Waals surface area contributed by atoms with Crippen molar-refractivity contribution in [1.82, 2.24) is 10.2 Å². The Hall–Kier alpha value is -2.40. The highest BCUT2D eigenvalue weighted by Crippen LogP contribution is 2.16. The highest BCUT2D eigenvalue weighted by Gasteiger charge is 2.23. The normalized spacial score (nSPS) is 16.7. The first-order chi connectivity index (χ1) is 13.0. The van der Waals surface area contributed by atoms with Gasteiger partial charge in [-0.05, 0) is 44.4 Å². The molecule has 1 aliphatic rings. The Labute approximate surface area is 160 Å². The van der Waals surface area contributed by atoms with Crippen LogP contribution in [0.25, 0.3) is 0 Å². The lowest BCUT2D eigenvalue weighted by Crippen LogP contribution is -2.47. The number of ether oxygens (including phenoxy) is 1. The van der Waals surface area contributed by atoms with Crippen LogP contribution in [0.5, 0.6) is 5.75 Å². The van der Waals surface area contributed by atoms with Gasteiger partial charge in [-0.25, -0.2) is 4.39 Å². The zero-order valence-corrected chi connectivity index (χ0v) is 16.0. The largest absolute Gasteiger partial charge is 0.481 e. The number of likely N-dealkylation sites (tertiary alicyclic amines) is 1. The Morgan fingerprint density at radius 1 is 1.22 bits per heavy atom. The standard InChI is InChI=1S/C22H27FN2O2/c1-16-5-3-6-18(13-16)15-25-11-9-20(10-12-25)24-22(26)17(2)27-21-8-4-7-19(23)14-21/h3-8,13-14,17,20H,9-12,15H2,1-2H3,(H,24,26). The first-order valence-corrected chi connectivity index (χ1v) is 9.50. The SMILES string of the molecule is Cc1cccc(CN2CCC(NC(=O)C(C)Oc3cccc(F)c3)CC2)c1. The van der Waals surface area contributed by atoms with Crippen LogP contribution < -0.4 is 10.1 Å². The second-order valence-electron chi connectivity index (χ2n) is 7.27. The van der Waals surface area contributed by atoms with E-state index in [1.807, 2.05) is 0 Å². The van der Waals surface area contributed by atoms with E-state index in [9.17, 15) is 9.18 Å². The minimum absolute atomic E-state index is 0.156. The summed E-state index contributed by atoms with van der Waals surface area (Å²) in [5.41, 5.74) is 2.61. The molecule has 3 rings (SSSR count). The number of hydrogen-bond acceptors (Lipinski definition) is 3. The van der Waals surface area contributed by atoms with Gasteiger partial charge in [-0.3, -0.25) is 9.69 Å². The topological polar surface area (TPSA) is 41.6 Å². The van der Waals surface area contributed by atoms with Crippen molar-refractivity contribution >= 4 is 5.91 Å². The van der Waals surface area contributed by atoms with Crippen molar-refractivity contribution < 1.29 is 13.9 Å². The number of aryl methyl sites for hydroxylation is 1. The quantitative estimate of drug-likeness (QED) is 0.843. The lowest BCUT2D eigenvalue weighted by atomic mass is 10.0. The summed E-state index contributed by atoms with van der Waals surface area (Å²) >= 11 is 0. The molecule has 1 unspecified atom stereocenters. The molecule has 0 aromatic heterocycles. The van der Waals surface area contributed by atoms with Gasteiger partial charge in [0.25, 0.3) is 5.91 Å². The number of nitrogens with zero attached hydrogens (tertiary/aromatic N) is 1. The van der Waals surface area contributed by atoms with Gasteiger partial charge in [0.1, 0.15) is 11.6 Å². The molecule has 0 bridgehead atoms. The first kappa shape index (κ1) is 19.4. The maximum absolute atomic E-state index is 13.2. The fourth-order valence-corrected chi connectivity index (χ4v) is 3.42. The zero-order valence-electron chi connectivity index (χ0n) is 16.0. The molecule has 1 atom stereocenters. The van der Waals surface area contributed by atoms with Crippen LogP contribution in [-0.2, 0) is 11.3 Å². The third kappa shape index (κ3) is 5.79. The van der Waals surface area contributed by atoms with Crippen molar-refractivity contribution in [3.8, 4) is 5.75 Å². The van der Waals surface area contributed by atoms with Crippen LogP contribution in [0.3, 0.4) is 0 Å². The smallest absolute Gasteiger partial charge is 0.260 e. The number of hydrogen-bond donors (Lipinski definition) is 1. The van der Waals surface area contributed by atoms with E-state index < -0.39 is 6.10 Å². The Balaban J connectivity index is 1.43. The lowest BCUT2D eigenvalue weighted by molar-refractivity contribution is -0.128. The Morgan fingerprint density at radius 2 is 1.96 bits per heavy atom. The summed E-state index contributed by atoms with van der Waals surface area (Å²) in [6.45, 7) is 6.66. The number of amides is 1. The molecule has 1 N–H and O–H groups in total. The van der Waals surface area contributed by atoms with Crippen molar-refractivity contribution in [2.45, 2.75) is 45.4 Å². The average Bonchev–Trinajstić information content (AvgIpc) is 2.63. The molecule has 2 aromatic carbocycles. The fraction of sp³-hybridized carbons (Fsp3) is 0.409. The van der Waals surface area contributed by atoms with E-state index in [-0.39, 0.29) is 17.8 Å². The van der Waals surface area contributed by atoms with Gasteiger partial charge in [0.05, 0.1) is 0 Å². The number of piperidine rings is 1. The number of rotatable bonds is 6. The second kappa shape index (κ2) is 9.00. The summed E-state index contributed by atoms with van der Waals surface area (Å²) in [7, 11) is 0. The van der Waals surface area contributed by atoms with Crippen LogP contribution in [0.15, 0.2) is 48.5 Å². The summed E-state index contributed by atoms with van der Waals surface area (Å²) in [5, 5.41) is 3.06. The van der Waals surface area contributed by atoms with Crippen molar-refractivity contribution in [3.63, 3.8) is 0 Å². The van der Waals surface area contributed by atoms with Gasteiger partial charge in [-0.1, -0.05) is 35.9 Å². The Kier molecular flexibility index (Phi) is 6.45. The summed E-state index contributed by atoms with van der Waals surface area (Å²) in [4.78, 5) is 14.8. The van der Waals surface area contributed by atoms with E-state index in [0.29, 0.717) is 5.75 Å². The third-order valence-electron chi connectivity index (χ3n) is 4.90. The summed E-state index contributed by atoms with van der Waals surface area (Å²) in [5.74, 6) is -0.164. The van der Waals surface area contributed by atoms with Crippen molar-refractivity contribution in [2.24, 2.45) is 0 Å². The van der Waals surface area contributed by atoms with Gasteiger partial charge in [-0.15, -0.1) is 0 Å². The molecule has 4 nitrogen and oxygen atoms in total. The highest BCUT2D eigenvalue weighted by atomic mass is 19.1. The number of halogens is 1. The van der Waals surface area contributed by atoms with Gasteiger partial charge < -0.3 is 10.1 Å². The number of benzene rings is 2. The van der Waals surface area contributed by atoms with Gasteiger partial charge in [0.2, 0.25) is 0 Å². The summed E-state index contributed by atoms with van der Waals surface area (Å²) in [6.07, 6.45) is 1.19. The van der Waals surface area contributed by atoms with E-state index in [1.165, 1.54) is 23.3 Å². The van der Waals surface area contributed by atoms with E-state index in [2.05, 4.69) is 41.4 Å². The van der Waals surface area contributed by atoms with Gasteiger partial charge in [0, 0.05) is 31.7 Å². The summed E-state index contributed by atoms with van der Waals surface area (Å²) < 4.78 is 18.8. The average molecular weight is 370 g/mol. The van der Waals surface area contributed by atoms with Crippen molar-refractivity contribution in [1.29, 1.82) is 0 Å². The molecule has 0 aliphatic carbocycles. The molecule has 2 aromatic rings. The molecule has 27 heavy (non-hydrogen) atoms. The molecule has 0 spiro atoms. The monoisotopic (exact) mass is 370 g/mol. The van der Waals surface area contributed by atoms with Crippen LogP contribution in [0.4, 0.5) is 4.39 Å². The maximum Gasteiger partial charge on any atom is 0.260 e. The first-order valence-electron chi connectivity index (χ1n) is 9.50. The molecule has 1 amide bonds. The van der Waals surface area contributed by atoms with Gasteiger partial charge >= 0.3 is 0 Å². The third-order valence-corrected chi connectivity index (χ3v) is 4.90. The Bertz CT molecular complexity index is 772. The number of carbonyl (C=O) groups is 1. The molecule has 0 radical (unpaired) electrons. The molecule has 1 aliphatic heterocycles. The van der Waals surface area contributed by atoms with Crippen LogP contribution >= 0.6 is 0 Å². The molecular weight excluding hydrogens is 343 g/mol. The maximum atomic E-state index is 13.2. The zero-order chi connectivity index (χ0) is 19.2. The lowest BCUT2D eigenvalue weighted by Gasteiger charge is -2.33. The van der Waals surface area contributed by atoms with E-state index >= 15 is 0 Å². The van der Waals surface area contributed by atoms with Crippen LogP contribution in [0.1, 0.15) is 30.9 Å². The molecule has 0 saturated carbocycles. The predicted molar refractivity (Wildman–Crippen MR) is 104 cm³/mol. The van der Waals surface area contributed by atoms with Crippen LogP contribution in [-0.4, -0.2) is 36.0 Å². The van der Waals surface area contributed by atoms with Crippen LogP contribution in [0.2, 0.25) is 0 Å². The second-order valence-corrected chi connectivity index (χ2v) is 7.27. The number of nitrogens with one attached hydrogen (secondary N) is 1. The van der Waals surface area contributed by atoms with Gasteiger partial charge in [-0.2, -0.15) is 0 Å². The summed E-state index contributed by atoms with van der Waals surface area (Å²) in [6, 6.07) is 14.6. The fourth-order valence-electron chi connectivity index (χ4n) is 3.42. The molecule has 144 valence electrons. The van der Waals surface area contributed by atoms with Crippen LogP contribution in [0, 0.1) is 12.7 Å². The molecule has 1 fully saturated rings. The number of carbonyl (C=O) groups excluding carboxylic acids is 1. The van der Waals surface area contributed by atoms with Gasteiger partial charge in [0.15, 0.2) is 6.10 Å². The molecule has 1 saturated heterocycles. The predicted octanol–water partition coefficient (Wildman–Crippen LogP) is 3.68. The van der Waals surface area contributed by atoms with E-state index in [1.54, 1.807) is 19.1 Å². The van der Waals surface area contributed by atoms with Crippen molar-refractivity contribution in [2.75, 3.05) is 13.1 Å². The molecule has 1 heterocycles. The minimum Gasteiger partial charge on any atom is -0.481 e. The van der Waals surface area contributed by atoms with Crippen molar-refractivity contribution in [3.05, 3.63) is 65.5 Å². The van der Waals surface area contributed by atoms with E-state index in [0.717, 1.165) is 32.5 Å². The highest BCUT2D eigenvalue weighted by molar-refractivity contribution is 5.81. The molecule has 5 heteroatoms. The minimum atomic E-state index is -0.655. The molecular formula is C22H27FN2O2. The Morgan fingerprint density at radius 3 is 2.67 bits per heavy atom.